The van der Waals surface area contributed by atoms with E-state index in [2.05, 4.69) is 18.8 Å². The fraction of sp³-hybridized carbons (Fsp3) is 0.667. The second-order valence-corrected chi connectivity index (χ2v) is 5.11. The van der Waals surface area contributed by atoms with Crippen LogP contribution < -0.4 is 5.73 Å². The van der Waals surface area contributed by atoms with E-state index in [9.17, 15) is 0 Å². The van der Waals surface area contributed by atoms with Crippen molar-refractivity contribution in [2.24, 2.45) is 5.73 Å². The molecule has 0 saturated carbocycles. The molecule has 13 heavy (non-hydrogen) atoms. The number of hydrogen-bond donors (Lipinski definition) is 1. The smallest absolute Gasteiger partial charge is 0.103 e. The second kappa shape index (κ2) is 5.62. The molecule has 0 aliphatic rings. The average Bonchev–Trinajstić information content (AvgIpc) is 2.57. The summed E-state index contributed by atoms with van der Waals surface area (Å²) >= 11 is 3.68. The van der Waals surface area contributed by atoms with E-state index >= 15 is 0 Å². The summed E-state index contributed by atoms with van der Waals surface area (Å²) in [6.07, 6.45) is 1.000. The maximum atomic E-state index is 5.63. The van der Waals surface area contributed by atoms with Crippen molar-refractivity contribution < 1.29 is 0 Å². The molecule has 0 saturated heterocycles. The molecular formula is C9H16N2S2. The van der Waals surface area contributed by atoms with E-state index in [1.165, 1.54) is 15.6 Å². The van der Waals surface area contributed by atoms with Gasteiger partial charge in [-0.1, -0.05) is 13.8 Å². The number of thiazole rings is 1. The van der Waals surface area contributed by atoms with Crippen LogP contribution in [0.2, 0.25) is 0 Å². The van der Waals surface area contributed by atoms with E-state index in [-0.39, 0.29) is 0 Å². The van der Waals surface area contributed by atoms with Crippen LogP contribution in [0.5, 0.6) is 0 Å². The summed E-state index contributed by atoms with van der Waals surface area (Å²) in [5.41, 5.74) is 6.83. The second-order valence-electron chi connectivity index (χ2n) is 2.67. The lowest BCUT2D eigenvalue weighted by Crippen LogP contribution is -1.96. The Kier molecular flexibility index (Phi) is 4.77. The van der Waals surface area contributed by atoms with Crippen LogP contribution in [0.1, 0.15) is 29.4 Å². The number of rotatable bonds is 5. The monoisotopic (exact) mass is 216 g/mol. The minimum absolute atomic E-state index is 0.637. The molecule has 1 aromatic heterocycles. The lowest BCUT2D eigenvalue weighted by Gasteiger charge is -1.91. The van der Waals surface area contributed by atoms with E-state index in [0.717, 1.165) is 17.9 Å². The summed E-state index contributed by atoms with van der Waals surface area (Å²) < 4.78 is 0. The van der Waals surface area contributed by atoms with Crippen LogP contribution in [0.25, 0.3) is 0 Å². The number of aryl methyl sites for hydroxylation is 1. The zero-order valence-electron chi connectivity index (χ0n) is 8.17. The van der Waals surface area contributed by atoms with Gasteiger partial charge in [0.1, 0.15) is 5.01 Å². The minimum Gasteiger partial charge on any atom is -0.326 e. The van der Waals surface area contributed by atoms with Crippen molar-refractivity contribution in [3.63, 3.8) is 0 Å². The quantitative estimate of drug-likeness (QED) is 0.821. The molecule has 0 radical (unpaired) electrons. The summed E-state index contributed by atoms with van der Waals surface area (Å²) in [4.78, 5) is 5.81. The Morgan fingerprint density at radius 1 is 1.46 bits per heavy atom. The van der Waals surface area contributed by atoms with Crippen molar-refractivity contribution in [3.05, 3.63) is 15.6 Å². The van der Waals surface area contributed by atoms with Gasteiger partial charge >= 0.3 is 0 Å². The van der Waals surface area contributed by atoms with Crippen molar-refractivity contribution in [1.29, 1.82) is 0 Å². The number of nitrogens with zero attached hydrogens (tertiary/aromatic N) is 1. The van der Waals surface area contributed by atoms with Crippen LogP contribution in [0, 0.1) is 0 Å². The lowest BCUT2D eigenvalue weighted by molar-refractivity contribution is 0.978. The number of thioether (sulfide) groups is 1. The molecule has 0 atom stereocenters. The normalized spacial score (nSPS) is 10.7. The molecule has 4 heteroatoms. The van der Waals surface area contributed by atoms with Gasteiger partial charge in [-0.25, -0.2) is 4.98 Å². The Balaban J connectivity index is 2.68. The maximum absolute atomic E-state index is 5.63. The Labute approximate surface area is 87.9 Å². The average molecular weight is 216 g/mol. The highest BCUT2D eigenvalue weighted by atomic mass is 32.2. The molecule has 1 aromatic rings. The van der Waals surface area contributed by atoms with Gasteiger partial charge in [-0.3, -0.25) is 0 Å². The summed E-state index contributed by atoms with van der Waals surface area (Å²) in [7, 11) is 0. The standard InChI is InChI=1S/C9H16N2S2/c1-3-7-8(5-10)13-9(11-7)6-12-4-2/h3-6,10H2,1-2H3. The SMILES string of the molecule is CCSCc1nc(CC)c(CN)s1. The molecule has 1 rings (SSSR count). The van der Waals surface area contributed by atoms with Gasteiger partial charge in [-0.15, -0.1) is 11.3 Å². The zero-order chi connectivity index (χ0) is 9.68. The highest BCUT2D eigenvalue weighted by Gasteiger charge is 2.07. The molecular weight excluding hydrogens is 200 g/mol. The summed E-state index contributed by atoms with van der Waals surface area (Å²) in [5.74, 6) is 2.19. The Morgan fingerprint density at radius 3 is 2.69 bits per heavy atom. The topological polar surface area (TPSA) is 38.9 Å². The predicted octanol–water partition coefficient (Wildman–Crippen LogP) is 2.42. The molecule has 0 aliphatic heterocycles. The lowest BCUT2D eigenvalue weighted by atomic mass is 10.3. The molecule has 1 heterocycles. The van der Waals surface area contributed by atoms with Crippen molar-refractivity contribution >= 4 is 23.1 Å². The molecule has 74 valence electrons. The van der Waals surface area contributed by atoms with E-state index < -0.39 is 0 Å². The summed E-state index contributed by atoms with van der Waals surface area (Å²) in [6, 6.07) is 0. The molecule has 2 N–H and O–H groups in total. The predicted molar refractivity (Wildman–Crippen MR) is 61.2 cm³/mol. The van der Waals surface area contributed by atoms with Crippen LogP contribution in [-0.2, 0) is 18.7 Å². The van der Waals surface area contributed by atoms with Crippen LogP contribution >= 0.6 is 23.1 Å². The summed E-state index contributed by atoms with van der Waals surface area (Å²) in [5, 5.41) is 1.23. The Hall–Kier alpha value is -0.0600. The van der Waals surface area contributed by atoms with Crippen LogP contribution in [0.4, 0.5) is 0 Å². The third kappa shape index (κ3) is 2.97. The van der Waals surface area contributed by atoms with Gasteiger partial charge in [0.05, 0.1) is 5.69 Å². The van der Waals surface area contributed by atoms with E-state index in [1.54, 1.807) is 11.3 Å². The van der Waals surface area contributed by atoms with Crippen LogP contribution in [0.3, 0.4) is 0 Å². The molecule has 0 aliphatic carbocycles. The number of aromatic nitrogens is 1. The Morgan fingerprint density at radius 2 is 2.23 bits per heavy atom. The van der Waals surface area contributed by atoms with Crippen molar-refractivity contribution in [2.45, 2.75) is 32.6 Å². The number of hydrogen-bond acceptors (Lipinski definition) is 4. The third-order valence-corrected chi connectivity index (χ3v) is 3.96. The van der Waals surface area contributed by atoms with E-state index in [0.29, 0.717) is 6.54 Å². The molecule has 0 unspecified atom stereocenters. The van der Waals surface area contributed by atoms with Crippen LogP contribution in [-0.4, -0.2) is 10.7 Å². The summed E-state index contributed by atoms with van der Waals surface area (Å²) in [6.45, 7) is 4.94. The van der Waals surface area contributed by atoms with E-state index in [4.69, 9.17) is 5.73 Å². The van der Waals surface area contributed by atoms with Gasteiger partial charge in [-0.2, -0.15) is 11.8 Å². The highest BCUT2D eigenvalue weighted by molar-refractivity contribution is 7.98. The Bertz CT molecular complexity index is 237. The molecule has 0 fully saturated rings. The number of nitrogens with two attached hydrogens (primary N) is 1. The first-order chi connectivity index (χ1) is 6.31. The van der Waals surface area contributed by atoms with Crippen molar-refractivity contribution in [3.8, 4) is 0 Å². The molecule has 0 spiro atoms. The van der Waals surface area contributed by atoms with Crippen LogP contribution in [0.15, 0.2) is 0 Å². The van der Waals surface area contributed by atoms with Gasteiger partial charge in [0.15, 0.2) is 0 Å². The third-order valence-electron chi connectivity index (χ3n) is 1.77. The fourth-order valence-electron chi connectivity index (χ4n) is 1.12. The van der Waals surface area contributed by atoms with Gasteiger partial charge in [0, 0.05) is 17.2 Å². The zero-order valence-corrected chi connectivity index (χ0v) is 9.80. The van der Waals surface area contributed by atoms with E-state index in [1.807, 2.05) is 11.8 Å². The molecule has 0 amide bonds. The first-order valence-electron chi connectivity index (χ1n) is 4.57. The largest absolute Gasteiger partial charge is 0.326 e. The first kappa shape index (κ1) is 11.0. The van der Waals surface area contributed by atoms with Crippen molar-refractivity contribution in [2.75, 3.05) is 5.75 Å². The van der Waals surface area contributed by atoms with Gasteiger partial charge in [-0.05, 0) is 12.2 Å². The van der Waals surface area contributed by atoms with Gasteiger partial charge in [0.2, 0.25) is 0 Å². The molecule has 0 bridgehead atoms. The molecule has 0 aromatic carbocycles. The maximum Gasteiger partial charge on any atom is 0.103 e. The fourth-order valence-corrected chi connectivity index (χ4v) is 2.88. The first-order valence-corrected chi connectivity index (χ1v) is 6.54. The minimum atomic E-state index is 0.637. The highest BCUT2D eigenvalue weighted by Crippen LogP contribution is 2.22. The van der Waals surface area contributed by atoms with Gasteiger partial charge in [0.25, 0.3) is 0 Å². The molecule has 2 nitrogen and oxygen atoms in total. The van der Waals surface area contributed by atoms with Crippen molar-refractivity contribution in [1.82, 2.24) is 4.98 Å². The van der Waals surface area contributed by atoms with Gasteiger partial charge < -0.3 is 5.73 Å².